The van der Waals surface area contributed by atoms with Crippen LogP contribution >= 0.6 is 0 Å². The van der Waals surface area contributed by atoms with Gasteiger partial charge in [-0.05, 0) is 36.5 Å². The minimum Gasteiger partial charge on any atom is -0.370 e. The highest BCUT2D eigenvalue weighted by atomic mass is 19.1. The van der Waals surface area contributed by atoms with Crippen molar-refractivity contribution in [1.82, 2.24) is 10.1 Å². The molecule has 6 nitrogen and oxygen atoms in total. The van der Waals surface area contributed by atoms with Gasteiger partial charge in [-0.1, -0.05) is 49.3 Å². The molecule has 2 heterocycles. The second-order valence-corrected chi connectivity index (χ2v) is 8.16. The molecule has 0 radical (unpaired) electrons. The van der Waals surface area contributed by atoms with E-state index in [0.717, 1.165) is 37.2 Å². The zero-order chi connectivity index (χ0) is 21.8. The molecular weight excluding hydrogens is 395 g/mol. The van der Waals surface area contributed by atoms with Crippen LogP contribution in [0.25, 0.3) is 11.4 Å². The highest BCUT2D eigenvalue weighted by Crippen LogP contribution is 2.31. The average molecular weight is 423 g/mol. The number of benzene rings is 2. The minimum atomic E-state index is -0.428. The quantitative estimate of drug-likeness (QED) is 0.569. The van der Waals surface area contributed by atoms with Gasteiger partial charge < -0.3 is 14.7 Å². The molecule has 1 aromatic heterocycles. The first kappa shape index (κ1) is 21.0. The molecule has 1 saturated heterocycles. The number of anilines is 2. The smallest absolute Gasteiger partial charge is 0.227 e. The normalized spacial score (nSPS) is 13.7. The van der Waals surface area contributed by atoms with E-state index in [1.165, 1.54) is 11.6 Å². The summed E-state index contributed by atoms with van der Waals surface area (Å²) in [6.45, 7) is 6.02. The lowest BCUT2D eigenvalue weighted by Gasteiger charge is -2.21. The largest absolute Gasteiger partial charge is 0.370 e. The monoisotopic (exact) mass is 422 g/mol. The Balaban J connectivity index is 1.38. The van der Waals surface area contributed by atoms with Gasteiger partial charge >= 0.3 is 0 Å². The summed E-state index contributed by atoms with van der Waals surface area (Å²) in [4.78, 5) is 19.0. The van der Waals surface area contributed by atoms with Gasteiger partial charge in [0.2, 0.25) is 17.6 Å². The Labute approximate surface area is 181 Å². The van der Waals surface area contributed by atoms with Crippen molar-refractivity contribution < 1.29 is 13.7 Å². The van der Waals surface area contributed by atoms with E-state index < -0.39 is 5.82 Å². The first-order valence-electron chi connectivity index (χ1n) is 10.8. The average Bonchev–Trinajstić information content (AvgIpc) is 3.46. The molecule has 162 valence electrons. The van der Waals surface area contributed by atoms with Crippen LogP contribution in [-0.4, -0.2) is 29.1 Å². The molecule has 7 heteroatoms. The number of nitrogens with zero attached hydrogens (tertiary/aromatic N) is 3. The summed E-state index contributed by atoms with van der Waals surface area (Å²) in [6, 6.07) is 12.9. The van der Waals surface area contributed by atoms with Crippen LogP contribution < -0.4 is 10.2 Å². The third kappa shape index (κ3) is 4.93. The fourth-order valence-electron chi connectivity index (χ4n) is 3.77. The van der Waals surface area contributed by atoms with Crippen molar-refractivity contribution >= 4 is 17.3 Å². The second-order valence-electron chi connectivity index (χ2n) is 8.16. The summed E-state index contributed by atoms with van der Waals surface area (Å²) in [6.07, 6.45) is 2.56. The van der Waals surface area contributed by atoms with Crippen LogP contribution in [0.15, 0.2) is 47.0 Å². The van der Waals surface area contributed by atoms with E-state index in [-0.39, 0.29) is 24.4 Å². The van der Waals surface area contributed by atoms with Crippen molar-refractivity contribution in [3.05, 3.63) is 59.7 Å². The number of hydrogen-bond donors (Lipinski definition) is 1. The number of para-hydroxylation sites is 1. The maximum Gasteiger partial charge on any atom is 0.227 e. The molecule has 0 saturated carbocycles. The topological polar surface area (TPSA) is 71.3 Å². The van der Waals surface area contributed by atoms with Crippen molar-refractivity contribution in [2.75, 3.05) is 23.3 Å². The lowest BCUT2D eigenvalue weighted by atomic mass is 10.0. The molecule has 0 unspecified atom stereocenters. The van der Waals surface area contributed by atoms with Gasteiger partial charge in [-0.25, -0.2) is 4.39 Å². The third-order valence-corrected chi connectivity index (χ3v) is 5.57. The lowest BCUT2D eigenvalue weighted by molar-refractivity contribution is -0.116. The molecule has 31 heavy (non-hydrogen) atoms. The van der Waals surface area contributed by atoms with Gasteiger partial charge in [-0.3, -0.25) is 4.79 Å². The molecule has 1 amide bonds. The number of nitrogens with one attached hydrogen (secondary N) is 1. The van der Waals surface area contributed by atoms with Gasteiger partial charge in [0.15, 0.2) is 0 Å². The first-order valence-corrected chi connectivity index (χ1v) is 10.8. The molecule has 0 bridgehead atoms. The Bertz CT molecular complexity index is 1040. The summed E-state index contributed by atoms with van der Waals surface area (Å²) in [7, 11) is 0. The van der Waals surface area contributed by atoms with Crippen molar-refractivity contribution in [2.45, 2.75) is 45.4 Å². The maximum atomic E-state index is 14.4. The fourth-order valence-corrected chi connectivity index (χ4v) is 3.77. The van der Waals surface area contributed by atoms with Crippen molar-refractivity contribution in [3.63, 3.8) is 0 Å². The van der Waals surface area contributed by atoms with E-state index in [2.05, 4.69) is 46.3 Å². The Morgan fingerprint density at radius 1 is 1.16 bits per heavy atom. The van der Waals surface area contributed by atoms with E-state index in [9.17, 15) is 9.18 Å². The lowest BCUT2D eigenvalue weighted by Crippen LogP contribution is -2.22. The Kier molecular flexibility index (Phi) is 6.30. The number of aryl methyl sites for hydroxylation is 1. The highest BCUT2D eigenvalue weighted by molar-refractivity contribution is 5.94. The molecule has 3 aromatic rings. The van der Waals surface area contributed by atoms with E-state index in [1.807, 2.05) is 18.2 Å². The summed E-state index contributed by atoms with van der Waals surface area (Å²) in [5.41, 5.74) is 3.08. The van der Waals surface area contributed by atoms with Crippen LogP contribution in [0.2, 0.25) is 0 Å². The second kappa shape index (κ2) is 9.29. The van der Waals surface area contributed by atoms with Gasteiger partial charge in [0.25, 0.3) is 0 Å². The summed E-state index contributed by atoms with van der Waals surface area (Å²) >= 11 is 0. The maximum absolute atomic E-state index is 14.4. The molecule has 0 spiro atoms. The van der Waals surface area contributed by atoms with Crippen LogP contribution in [0.4, 0.5) is 15.8 Å². The number of carbonyl (C=O) groups is 1. The summed E-state index contributed by atoms with van der Waals surface area (Å²) < 4.78 is 19.7. The molecule has 1 N–H and O–H groups in total. The molecule has 0 aliphatic carbocycles. The highest BCUT2D eigenvalue weighted by Gasteiger charge is 2.20. The van der Waals surface area contributed by atoms with Crippen LogP contribution in [0.1, 0.15) is 50.5 Å². The number of rotatable bonds is 7. The Morgan fingerprint density at radius 2 is 1.90 bits per heavy atom. The fraction of sp³-hybridized carbons (Fsp3) is 0.375. The van der Waals surface area contributed by atoms with Gasteiger partial charge in [0.05, 0.1) is 5.69 Å². The SMILES string of the molecule is CC(C)c1ccc(-c2noc(CCC(=O)Nc3c(F)cccc3N3CCCC3)n2)cc1. The zero-order valence-corrected chi connectivity index (χ0v) is 17.9. The number of hydrogen-bond acceptors (Lipinski definition) is 5. The third-order valence-electron chi connectivity index (χ3n) is 5.57. The zero-order valence-electron chi connectivity index (χ0n) is 17.9. The van der Waals surface area contributed by atoms with Crippen LogP contribution in [0, 0.1) is 5.82 Å². The van der Waals surface area contributed by atoms with E-state index >= 15 is 0 Å². The van der Waals surface area contributed by atoms with Gasteiger partial charge in [-0.15, -0.1) is 0 Å². The summed E-state index contributed by atoms with van der Waals surface area (Å²) in [5.74, 6) is 0.616. The molecule has 0 atom stereocenters. The van der Waals surface area contributed by atoms with Crippen LogP contribution in [0.3, 0.4) is 0 Å². The van der Waals surface area contributed by atoms with Gasteiger partial charge in [-0.2, -0.15) is 4.98 Å². The van der Waals surface area contributed by atoms with Crippen LogP contribution in [0.5, 0.6) is 0 Å². The van der Waals surface area contributed by atoms with Crippen molar-refractivity contribution in [2.24, 2.45) is 0 Å². The van der Waals surface area contributed by atoms with Gasteiger partial charge in [0.1, 0.15) is 11.5 Å². The van der Waals surface area contributed by atoms with E-state index in [0.29, 0.717) is 17.6 Å². The van der Waals surface area contributed by atoms with E-state index in [1.54, 1.807) is 6.07 Å². The Morgan fingerprint density at radius 3 is 2.61 bits per heavy atom. The number of carbonyl (C=O) groups excluding carboxylic acids is 1. The molecule has 1 aliphatic rings. The van der Waals surface area contributed by atoms with Crippen molar-refractivity contribution in [1.29, 1.82) is 0 Å². The van der Waals surface area contributed by atoms with Crippen LogP contribution in [-0.2, 0) is 11.2 Å². The number of aromatic nitrogens is 2. The first-order chi connectivity index (χ1) is 15.0. The molecule has 4 rings (SSSR count). The van der Waals surface area contributed by atoms with Gasteiger partial charge in [0, 0.05) is 31.5 Å². The molecular formula is C24H27FN4O2. The predicted octanol–water partition coefficient (Wildman–Crippen LogP) is 5.17. The standard InChI is InChI=1S/C24H27FN4O2/c1-16(2)17-8-10-18(11-9-17)24-27-22(31-28-24)13-12-21(30)26-23-19(25)6-5-7-20(23)29-14-3-4-15-29/h5-11,16H,3-4,12-15H2,1-2H3,(H,26,30). The number of amides is 1. The number of halogens is 1. The molecule has 1 fully saturated rings. The molecule has 1 aliphatic heterocycles. The molecule has 2 aromatic carbocycles. The minimum absolute atomic E-state index is 0.127. The Hall–Kier alpha value is -3.22. The van der Waals surface area contributed by atoms with E-state index in [4.69, 9.17) is 4.52 Å². The van der Waals surface area contributed by atoms with Crippen molar-refractivity contribution in [3.8, 4) is 11.4 Å². The predicted molar refractivity (Wildman–Crippen MR) is 119 cm³/mol. The summed E-state index contributed by atoms with van der Waals surface area (Å²) in [5, 5.41) is 6.75.